The lowest BCUT2D eigenvalue weighted by Gasteiger charge is -2.14. The fourth-order valence-corrected chi connectivity index (χ4v) is 2.67. The van der Waals surface area contributed by atoms with Gasteiger partial charge in [0.25, 0.3) is 5.91 Å². The SMILES string of the molecule is CCN(C)C(=O)c1ccc(-c2nc(CCl)cs2)cc1. The predicted molar refractivity (Wildman–Crippen MR) is 79.7 cm³/mol. The first-order valence-corrected chi connectivity index (χ1v) is 7.43. The molecule has 0 saturated carbocycles. The third-order valence-corrected chi connectivity index (χ3v) is 4.10. The molecule has 1 amide bonds. The lowest BCUT2D eigenvalue weighted by Crippen LogP contribution is -2.26. The average molecular weight is 295 g/mol. The molecule has 0 bridgehead atoms. The van der Waals surface area contributed by atoms with Gasteiger partial charge < -0.3 is 4.90 Å². The molecule has 0 fully saturated rings. The van der Waals surface area contributed by atoms with E-state index in [0.717, 1.165) is 16.3 Å². The molecule has 0 aliphatic rings. The Morgan fingerprint density at radius 2 is 2.05 bits per heavy atom. The standard InChI is InChI=1S/C14H15ClN2OS/c1-3-17(2)14(18)11-6-4-10(5-7-11)13-16-12(8-15)9-19-13/h4-7,9H,3,8H2,1-2H3. The topological polar surface area (TPSA) is 33.2 Å². The Hall–Kier alpha value is -1.39. The summed E-state index contributed by atoms with van der Waals surface area (Å²) in [5.41, 5.74) is 2.59. The molecule has 0 atom stereocenters. The lowest BCUT2D eigenvalue weighted by molar-refractivity contribution is 0.0802. The molecule has 0 spiro atoms. The van der Waals surface area contributed by atoms with Gasteiger partial charge in [0.1, 0.15) is 5.01 Å². The summed E-state index contributed by atoms with van der Waals surface area (Å²) in [6.07, 6.45) is 0. The number of aromatic nitrogens is 1. The van der Waals surface area contributed by atoms with Crippen LogP contribution in [0, 0.1) is 0 Å². The number of carbonyl (C=O) groups is 1. The van der Waals surface area contributed by atoms with E-state index in [0.29, 0.717) is 18.0 Å². The Morgan fingerprint density at radius 3 is 2.58 bits per heavy atom. The smallest absolute Gasteiger partial charge is 0.253 e. The van der Waals surface area contributed by atoms with E-state index in [1.165, 1.54) is 0 Å². The minimum atomic E-state index is 0.0367. The predicted octanol–water partition coefficient (Wildman–Crippen LogP) is 3.64. The quantitative estimate of drug-likeness (QED) is 0.807. The van der Waals surface area contributed by atoms with Crippen LogP contribution < -0.4 is 0 Å². The van der Waals surface area contributed by atoms with Crippen molar-refractivity contribution < 1.29 is 4.79 Å². The van der Waals surface area contributed by atoms with Gasteiger partial charge in [0.2, 0.25) is 0 Å². The van der Waals surface area contributed by atoms with E-state index in [1.54, 1.807) is 23.3 Å². The molecule has 2 rings (SSSR count). The Bertz CT molecular complexity index is 565. The maximum absolute atomic E-state index is 12.0. The van der Waals surface area contributed by atoms with Gasteiger partial charge >= 0.3 is 0 Å². The van der Waals surface area contributed by atoms with Crippen molar-refractivity contribution in [3.63, 3.8) is 0 Å². The molecule has 1 heterocycles. The van der Waals surface area contributed by atoms with Crippen LogP contribution in [0.15, 0.2) is 29.6 Å². The highest BCUT2D eigenvalue weighted by molar-refractivity contribution is 7.13. The van der Waals surface area contributed by atoms with Crippen molar-refractivity contribution in [3.8, 4) is 10.6 Å². The highest BCUT2D eigenvalue weighted by Crippen LogP contribution is 2.24. The molecule has 5 heteroatoms. The van der Waals surface area contributed by atoms with Crippen LogP contribution in [0.3, 0.4) is 0 Å². The number of alkyl halides is 1. The molecule has 100 valence electrons. The molecule has 0 aliphatic carbocycles. The Labute approximate surface area is 121 Å². The summed E-state index contributed by atoms with van der Waals surface area (Å²) >= 11 is 7.30. The summed E-state index contributed by atoms with van der Waals surface area (Å²) in [6, 6.07) is 7.53. The monoisotopic (exact) mass is 294 g/mol. The van der Waals surface area contributed by atoms with E-state index < -0.39 is 0 Å². The molecule has 0 aliphatic heterocycles. The minimum absolute atomic E-state index is 0.0367. The van der Waals surface area contributed by atoms with Gasteiger partial charge in [0.15, 0.2) is 0 Å². The molecule has 1 aromatic carbocycles. The summed E-state index contributed by atoms with van der Waals surface area (Å²) in [5.74, 6) is 0.462. The van der Waals surface area contributed by atoms with E-state index in [9.17, 15) is 4.79 Å². The van der Waals surface area contributed by atoms with Crippen LogP contribution in [-0.4, -0.2) is 29.4 Å². The summed E-state index contributed by atoms with van der Waals surface area (Å²) < 4.78 is 0. The average Bonchev–Trinajstić information content (AvgIpc) is 2.94. The second kappa shape index (κ2) is 6.17. The largest absolute Gasteiger partial charge is 0.342 e. The molecule has 0 N–H and O–H groups in total. The molecule has 19 heavy (non-hydrogen) atoms. The van der Waals surface area contributed by atoms with Crippen LogP contribution in [0.4, 0.5) is 0 Å². The van der Waals surface area contributed by atoms with Gasteiger partial charge in [0, 0.05) is 30.1 Å². The number of amides is 1. The van der Waals surface area contributed by atoms with E-state index in [2.05, 4.69) is 4.98 Å². The van der Waals surface area contributed by atoms with E-state index in [4.69, 9.17) is 11.6 Å². The van der Waals surface area contributed by atoms with Crippen molar-refractivity contribution in [2.24, 2.45) is 0 Å². The zero-order valence-electron chi connectivity index (χ0n) is 10.9. The van der Waals surface area contributed by atoms with Crippen LogP contribution in [0.5, 0.6) is 0 Å². The molecule has 3 nitrogen and oxygen atoms in total. The van der Waals surface area contributed by atoms with Crippen molar-refractivity contribution in [2.75, 3.05) is 13.6 Å². The van der Waals surface area contributed by atoms with Gasteiger partial charge in [0.05, 0.1) is 11.6 Å². The number of hydrogen-bond donors (Lipinski definition) is 0. The number of halogens is 1. The molecule has 0 radical (unpaired) electrons. The Morgan fingerprint density at radius 1 is 1.37 bits per heavy atom. The molecule has 0 saturated heterocycles. The van der Waals surface area contributed by atoms with Gasteiger partial charge in [-0.05, 0) is 19.1 Å². The summed E-state index contributed by atoms with van der Waals surface area (Å²) in [4.78, 5) is 18.1. The Balaban J connectivity index is 2.20. The number of rotatable bonds is 4. The summed E-state index contributed by atoms with van der Waals surface area (Å²) in [6.45, 7) is 2.65. The van der Waals surface area contributed by atoms with Gasteiger partial charge in [-0.1, -0.05) is 12.1 Å². The number of nitrogens with zero attached hydrogens (tertiary/aromatic N) is 2. The first-order valence-electron chi connectivity index (χ1n) is 6.02. The van der Waals surface area contributed by atoms with Crippen LogP contribution in [0.25, 0.3) is 10.6 Å². The minimum Gasteiger partial charge on any atom is -0.342 e. The Kier molecular flexibility index (Phi) is 4.56. The van der Waals surface area contributed by atoms with Crippen molar-refractivity contribution in [3.05, 3.63) is 40.9 Å². The third-order valence-electron chi connectivity index (χ3n) is 2.89. The molecular weight excluding hydrogens is 280 g/mol. The number of benzene rings is 1. The lowest BCUT2D eigenvalue weighted by atomic mass is 10.1. The number of thiazole rings is 1. The van der Waals surface area contributed by atoms with Crippen molar-refractivity contribution in [2.45, 2.75) is 12.8 Å². The van der Waals surface area contributed by atoms with Crippen molar-refractivity contribution in [1.82, 2.24) is 9.88 Å². The van der Waals surface area contributed by atoms with E-state index in [-0.39, 0.29) is 5.91 Å². The van der Waals surface area contributed by atoms with Crippen LogP contribution in [0.2, 0.25) is 0 Å². The maximum atomic E-state index is 12.0. The highest BCUT2D eigenvalue weighted by atomic mass is 35.5. The van der Waals surface area contributed by atoms with E-state index >= 15 is 0 Å². The van der Waals surface area contributed by atoms with E-state index in [1.807, 2.05) is 36.6 Å². The van der Waals surface area contributed by atoms with Crippen molar-refractivity contribution in [1.29, 1.82) is 0 Å². The first-order chi connectivity index (χ1) is 9.15. The van der Waals surface area contributed by atoms with Crippen LogP contribution in [0.1, 0.15) is 23.0 Å². The zero-order valence-corrected chi connectivity index (χ0v) is 12.5. The molecular formula is C14H15ClN2OS. The summed E-state index contributed by atoms with van der Waals surface area (Å²) in [7, 11) is 1.80. The normalized spacial score (nSPS) is 10.5. The number of carbonyl (C=O) groups excluding carboxylic acids is 1. The van der Waals surface area contributed by atoms with Gasteiger partial charge in [-0.3, -0.25) is 4.79 Å². The first kappa shape index (κ1) is 14.0. The third kappa shape index (κ3) is 3.14. The highest BCUT2D eigenvalue weighted by Gasteiger charge is 2.10. The number of hydrogen-bond acceptors (Lipinski definition) is 3. The molecule has 1 aromatic heterocycles. The van der Waals surface area contributed by atoms with Crippen LogP contribution in [-0.2, 0) is 5.88 Å². The van der Waals surface area contributed by atoms with Crippen LogP contribution >= 0.6 is 22.9 Å². The van der Waals surface area contributed by atoms with Gasteiger partial charge in [-0.15, -0.1) is 22.9 Å². The molecule has 2 aromatic rings. The summed E-state index contributed by atoms with van der Waals surface area (Å²) in [5, 5.41) is 2.88. The zero-order chi connectivity index (χ0) is 13.8. The second-order valence-electron chi connectivity index (χ2n) is 4.17. The van der Waals surface area contributed by atoms with Gasteiger partial charge in [-0.2, -0.15) is 0 Å². The molecule has 0 unspecified atom stereocenters. The fraction of sp³-hybridized carbons (Fsp3) is 0.286. The fourth-order valence-electron chi connectivity index (χ4n) is 1.62. The van der Waals surface area contributed by atoms with Crippen molar-refractivity contribution >= 4 is 28.8 Å². The second-order valence-corrected chi connectivity index (χ2v) is 5.30. The van der Waals surface area contributed by atoms with Gasteiger partial charge in [-0.25, -0.2) is 4.98 Å². The maximum Gasteiger partial charge on any atom is 0.253 e.